The van der Waals surface area contributed by atoms with E-state index in [2.05, 4.69) is 24.4 Å². The van der Waals surface area contributed by atoms with Gasteiger partial charge in [0.15, 0.2) is 0 Å². The average molecular weight is 273 g/mol. The zero-order valence-corrected chi connectivity index (χ0v) is 12.2. The van der Waals surface area contributed by atoms with Gasteiger partial charge in [0.2, 0.25) is 0 Å². The van der Waals surface area contributed by atoms with Crippen molar-refractivity contribution in [1.82, 2.24) is 5.32 Å². The molecule has 0 bridgehead atoms. The maximum Gasteiger partial charge on any atom is 0.105 e. The van der Waals surface area contributed by atoms with Crippen LogP contribution in [0.25, 0.3) is 0 Å². The van der Waals surface area contributed by atoms with Crippen molar-refractivity contribution in [1.29, 1.82) is 0 Å². The van der Waals surface area contributed by atoms with Gasteiger partial charge < -0.3 is 14.5 Å². The highest BCUT2D eigenvalue weighted by molar-refractivity contribution is 5.20. The fraction of sp³-hybridized carbons (Fsp3) is 0.412. The summed E-state index contributed by atoms with van der Waals surface area (Å²) < 4.78 is 11.2. The number of hydrogen-bond donors (Lipinski definition) is 1. The summed E-state index contributed by atoms with van der Waals surface area (Å²) in [4.78, 5) is 0. The van der Waals surface area contributed by atoms with E-state index in [-0.39, 0.29) is 12.1 Å². The molecule has 0 saturated carbocycles. The van der Waals surface area contributed by atoms with Gasteiger partial charge in [-0.1, -0.05) is 37.3 Å². The summed E-state index contributed by atoms with van der Waals surface area (Å²) in [7, 11) is 1.76. The van der Waals surface area contributed by atoms with Crippen LogP contribution >= 0.6 is 0 Å². The normalized spacial score (nSPS) is 14.1. The molecular formula is C17H23NO2. The molecule has 2 atom stereocenters. The summed E-state index contributed by atoms with van der Waals surface area (Å²) in [5.41, 5.74) is 1.19. The Labute approximate surface area is 121 Å². The third kappa shape index (κ3) is 3.95. The van der Waals surface area contributed by atoms with E-state index >= 15 is 0 Å². The predicted molar refractivity (Wildman–Crippen MR) is 80.7 cm³/mol. The quantitative estimate of drug-likeness (QED) is 0.798. The molecule has 20 heavy (non-hydrogen) atoms. The zero-order valence-electron chi connectivity index (χ0n) is 12.2. The smallest absolute Gasteiger partial charge is 0.105 e. The van der Waals surface area contributed by atoms with Gasteiger partial charge in [0.25, 0.3) is 0 Å². The molecule has 1 aromatic carbocycles. The van der Waals surface area contributed by atoms with Crippen molar-refractivity contribution < 1.29 is 9.15 Å². The summed E-state index contributed by atoms with van der Waals surface area (Å²) in [6.45, 7) is 3.14. The van der Waals surface area contributed by atoms with Crippen molar-refractivity contribution in [3.05, 3.63) is 60.1 Å². The summed E-state index contributed by atoms with van der Waals surface area (Å²) in [6, 6.07) is 14.5. The lowest BCUT2D eigenvalue weighted by Gasteiger charge is -2.27. The highest BCUT2D eigenvalue weighted by Crippen LogP contribution is 2.23. The molecular weight excluding hydrogens is 250 g/mol. The first-order valence-electron chi connectivity index (χ1n) is 7.18. The van der Waals surface area contributed by atoms with E-state index < -0.39 is 0 Å². The van der Waals surface area contributed by atoms with Crippen LogP contribution in [0.15, 0.2) is 53.1 Å². The number of rotatable bonds is 8. The van der Waals surface area contributed by atoms with Gasteiger partial charge in [-0.3, -0.25) is 0 Å². The first-order chi connectivity index (χ1) is 9.85. The molecule has 0 fully saturated rings. The SMILES string of the molecule is CCCNC(Cc1ccco1)C(OC)c1ccccc1. The Kier molecular flexibility index (Phi) is 5.84. The Balaban J connectivity index is 2.14. The molecule has 0 aliphatic carbocycles. The van der Waals surface area contributed by atoms with Gasteiger partial charge in [-0.25, -0.2) is 0 Å². The fourth-order valence-electron chi connectivity index (χ4n) is 2.44. The maximum atomic E-state index is 5.74. The standard InChI is InChI=1S/C17H23NO2/c1-3-11-18-16(13-15-10-7-12-20-15)17(19-2)14-8-5-4-6-9-14/h4-10,12,16-18H,3,11,13H2,1-2H3. The molecule has 0 radical (unpaired) electrons. The number of ether oxygens (including phenoxy) is 1. The number of hydrogen-bond acceptors (Lipinski definition) is 3. The van der Waals surface area contributed by atoms with Crippen molar-refractivity contribution in [2.45, 2.75) is 31.9 Å². The summed E-state index contributed by atoms with van der Waals surface area (Å²) in [6.07, 6.45) is 3.66. The molecule has 3 nitrogen and oxygen atoms in total. The van der Waals surface area contributed by atoms with Crippen molar-refractivity contribution in [3.8, 4) is 0 Å². The van der Waals surface area contributed by atoms with Crippen LogP contribution in [0.3, 0.4) is 0 Å². The van der Waals surface area contributed by atoms with E-state index in [1.807, 2.05) is 30.3 Å². The molecule has 0 amide bonds. The Bertz CT molecular complexity index is 467. The van der Waals surface area contributed by atoms with E-state index in [0.717, 1.165) is 25.1 Å². The van der Waals surface area contributed by atoms with Crippen LogP contribution in [0.2, 0.25) is 0 Å². The minimum absolute atomic E-state index is 0.0212. The Hall–Kier alpha value is -1.58. The largest absolute Gasteiger partial charge is 0.469 e. The van der Waals surface area contributed by atoms with Gasteiger partial charge in [-0.15, -0.1) is 0 Å². The van der Waals surface area contributed by atoms with Gasteiger partial charge >= 0.3 is 0 Å². The van der Waals surface area contributed by atoms with Crippen LogP contribution in [-0.4, -0.2) is 19.7 Å². The van der Waals surface area contributed by atoms with Crippen molar-refractivity contribution >= 4 is 0 Å². The van der Waals surface area contributed by atoms with Gasteiger partial charge in [0.05, 0.1) is 12.4 Å². The van der Waals surface area contributed by atoms with E-state index in [1.165, 1.54) is 5.56 Å². The van der Waals surface area contributed by atoms with Crippen LogP contribution in [0.5, 0.6) is 0 Å². The molecule has 2 unspecified atom stereocenters. The number of methoxy groups -OCH3 is 1. The molecule has 0 spiro atoms. The molecule has 1 aromatic heterocycles. The lowest BCUT2D eigenvalue weighted by molar-refractivity contribution is 0.0661. The molecule has 108 valence electrons. The van der Waals surface area contributed by atoms with E-state index in [0.29, 0.717) is 0 Å². The average Bonchev–Trinajstić information content (AvgIpc) is 2.99. The highest BCUT2D eigenvalue weighted by atomic mass is 16.5. The molecule has 1 heterocycles. The first-order valence-corrected chi connectivity index (χ1v) is 7.18. The number of furan rings is 1. The van der Waals surface area contributed by atoms with Crippen LogP contribution in [-0.2, 0) is 11.2 Å². The fourth-order valence-corrected chi connectivity index (χ4v) is 2.44. The molecule has 1 N–H and O–H groups in total. The maximum absolute atomic E-state index is 5.74. The molecule has 0 saturated heterocycles. The Morgan fingerprint density at radius 1 is 1.15 bits per heavy atom. The van der Waals surface area contributed by atoms with Crippen LogP contribution in [0.1, 0.15) is 30.8 Å². The van der Waals surface area contributed by atoms with Crippen LogP contribution in [0, 0.1) is 0 Å². The van der Waals surface area contributed by atoms with Gasteiger partial charge in [-0.2, -0.15) is 0 Å². The molecule has 2 rings (SSSR count). The molecule has 3 heteroatoms. The van der Waals surface area contributed by atoms with Gasteiger partial charge in [0, 0.05) is 19.6 Å². The van der Waals surface area contributed by atoms with E-state index in [4.69, 9.17) is 9.15 Å². The Morgan fingerprint density at radius 3 is 2.55 bits per heavy atom. The predicted octanol–water partition coefficient (Wildman–Crippen LogP) is 3.58. The monoisotopic (exact) mass is 273 g/mol. The van der Waals surface area contributed by atoms with Crippen molar-refractivity contribution in [2.24, 2.45) is 0 Å². The summed E-state index contributed by atoms with van der Waals surface area (Å²) in [5, 5.41) is 3.57. The summed E-state index contributed by atoms with van der Waals surface area (Å²) in [5.74, 6) is 0.983. The second-order valence-electron chi connectivity index (χ2n) is 4.91. The third-order valence-electron chi connectivity index (χ3n) is 3.41. The Morgan fingerprint density at radius 2 is 1.95 bits per heavy atom. The van der Waals surface area contributed by atoms with Crippen LogP contribution in [0.4, 0.5) is 0 Å². The zero-order chi connectivity index (χ0) is 14.2. The highest BCUT2D eigenvalue weighted by Gasteiger charge is 2.23. The minimum Gasteiger partial charge on any atom is -0.469 e. The van der Waals surface area contributed by atoms with Crippen molar-refractivity contribution in [2.75, 3.05) is 13.7 Å². The number of nitrogens with one attached hydrogen (secondary N) is 1. The summed E-state index contributed by atoms with van der Waals surface area (Å²) >= 11 is 0. The molecule has 0 aliphatic heterocycles. The van der Waals surface area contributed by atoms with E-state index in [9.17, 15) is 0 Å². The lowest BCUT2D eigenvalue weighted by atomic mass is 9.98. The van der Waals surface area contributed by atoms with E-state index in [1.54, 1.807) is 13.4 Å². The third-order valence-corrected chi connectivity index (χ3v) is 3.41. The van der Waals surface area contributed by atoms with Gasteiger partial charge in [0.1, 0.15) is 5.76 Å². The minimum atomic E-state index is 0.0212. The second-order valence-corrected chi connectivity index (χ2v) is 4.91. The molecule has 0 aliphatic rings. The van der Waals surface area contributed by atoms with Gasteiger partial charge in [-0.05, 0) is 30.7 Å². The van der Waals surface area contributed by atoms with Crippen molar-refractivity contribution in [3.63, 3.8) is 0 Å². The van der Waals surface area contributed by atoms with Crippen LogP contribution < -0.4 is 5.32 Å². The molecule has 2 aromatic rings. The lowest BCUT2D eigenvalue weighted by Crippen LogP contribution is -2.38. The second kappa shape index (κ2) is 7.88. The topological polar surface area (TPSA) is 34.4 Å². The first kappa shape index (κ1) is 14.8. The number of benzene rings is 1.